The van der Waals surface area contributed by atoms with Gasteiger partial charge in [-0.1, -0.05) is 0 Å². The molecule has 1 N–H and O–H groups in total. The van der Waals surface area contributed by atoms with E-state index in [0.717, 1.165) is 0 Å². The summed E-state index contributed by atoms with van der Waals surface area (Å²) < 4.78 is 9.63. The van der Waals surface area contributed by atoms with E-state index in [4.69, 9.17) is 9.47 Å². The largest absolute Gasteiger partial charge is 0.465 e. The highest BCUT2D eigenvalue weighted by Gasteiger charge is 2.18. The number of carbonyl (C=O) groups is 1. The van der Waals surface area contributed by atoms with Crippen molar-refractivity contribution in [3.8, 4) is 0 Å². The fourth-order valence-electron chi connectivity index (χ4n) is 0.793. The molecule has 1 aliphatic rings. The van der Waals surface area contributed by atoms with Gasteiger partial charge in [-0.15, -0.1) is 0 Å². The lowest BCUT2D eigenvalue weighted by Gasteiger charge is -2.26. The Balaban J connectivity index is 1.96. The van der Waals surface area contributed by atoms with E-state index in [2.05, 4.69) is 5.32 Å². The van der Waals surface area contributed by atoms with Gasteiger partial charge in [-0.05, 0) is 6.92 Å². The molecule has 4 nitrogen and oxygen atoms in total. The first kappa shape index (κ1) is 8.49. The van der Waals surface area contributed by atoms with Crippen LogP contribution in [0.1, 0.15) is 6.92 Å². The second-order valence-corrected chi connectivity index (χ2v) is 2.42. The van der Waals surface area contributed by atoms with Crippen LogP contribution in [-0.2, 0) is 14.3 Å². The minimum Gasteiger partial charge on any atom is -0.465 e. The van der Waals surface area contributed by atoms with Crippen molar-refractivity contribution >= 4 is 5.97 Å². The van der Waals surface area contributed by atoms with E-state index in [0.29, 0.717) is 32.4 Å². The molecule has 11 heavy (non-hydrogen) atoms. The molecule has 0 unspecified atom stereocenters. The van der Waals surface area contributed by atoms with Gasteiger partial charge in [-0.25, -0.2) is 0 Å². The summed E-state index contributed by atoms with van der Waals surface area (Å²) in [6.07, 6.45) is 0. The minimum atomic E-state index is -0.195. The van der Waals surface area contributed by atoms with Crippen molar-refractivity contribution < 1.29 is 14.3 Å². The van der Waals surface area contributed by atoms with Crippen molar-refractivity contribution in [3.05, 3.63) is 0 Å². The number of carbonyl (C=O) groups excluding carboxylic acids is 1. The molecule has 0 aromatic heterocycles. The number of rotatable bonds is 4. The van der Waals surface area contributed by atoms with Crippen LogP contribution in [0.5, 0.6) is 0 Å². The second kappa shape index (κ2) is 4.31. The summed E-state index contributed by atoms with van der Waals surface area (Å²) in [7, 11) is 0. The molecule has 1 aliphatic heterocycles. The second-order valence-electron chi connectivity index (χ2n) is 2.42. The molecule has 0 atom stereocenters. The average Bonchev–Trinajstić information content (AvgIpc) is 1.85. The summed E-state index contributed by atoms with van der Waals surface area (Å²) in [5, 5.41) is 3.00. The zero-order chi connectivity index (χ0) is 8.10. The standard InChI is InChI=1S/C7H13NO3/c1-2-11-7(9)3-8-6-4-10-5-6/h6,8H,2-5H2,1H3. The van der Waals surface area contributed by atoms with Crippen molar-refractivity contribution in [3.63, 3.8) is 0 Å². The summed E-state index contributed by atoms with van der Waals surface area (Å²) >= 11 is 0. The van der Waals surface area contributed by atoms with Gasteiger partial charge in [0.2, 0.25) is 0 Å². The Morgan fingerprint density at radius 1 is 1.73 bits per heavy atom. The normalized spacial score (nSPS) is 17.5. The van der Waals surface area contributed by atoms with Crippen molar-refractivity contribution in [2.24, 2.45) is 0 Å². The Bertz CT molecular complexity index is 134. The van der Waals surface area contributed by atoms with Crippen LogP contribution in [-0.4, -0.2) is 38.4 Å². The highest BCUT2D eigenvalue weighted by Crippen LogP contribution is 1.98. The zero-order valence-corrected chi connectivity index (χ0v) is 6.63. The number of hydrogen-bond acceptors (Lipinski definition) is 4. The van der Waals surface area contributed by atoms with E-state index < -0.39 is 0 Å². The van der Waals surface area contributed by atoms with E-state index in [1.165, 1.54) is 0 Å². The molecule has 0 saturated carbocycles. The topological polar surface area (TPSA) is 47.6 Å². The van der Waals surface area contributed by atoms with Crippen LogP contribution in [0.15, 0.2) is 0 Å². The molecule has 0 bridgehead atoms. The molecule has 0 aliphatic carbocycles. The number of nitrogens with one attached hydrogen (secondary N) is 1. The van der Waals surface area contributed by atoms with E-state index >= 15 is 0 Å². The van der Waals surface area contributed by atoms with Gasteiger partial charge >= 0.3 is 5.97 Å². The Labute approximate surface area is 65.9 Å². The average molecular weight is 159 g/mol. The van der Waals surface area contributed by atoms with E-state index in [1.807, 2.05) is 0 Å². The summed E-state index contributed by atoms with van der Waals surface area (Å²) in [6.45, 7) is 3.95. The molecule has 4 heteroatoms. The van der Waals surface area contributed by atoms with Crippen LogP contribution in [0.3, 0.4) is 0 Å². The Morgan fingerprint density at radius 3 is 2.91 bits per heavy atom. The molecular formula is C7H13NO3. The molecule has 1 fully saturated rings. The number of hydrogen-bond donors (Lipinski definition) is 1. The first-order valence-corrected chi connectivity index (χ1v) is 3.79. The van der Waals surface area contributed by atoms with Crippen LogP contribution in [0.4, 0.5) is 0 Å². The highest BCUT2D eigenvalue weighted by molar-refractivity contribution is 5.71. The molecule has 1 heterocycles. The van der Waals surface area contributed by atoms with Gasteiger partial charge in [-0.2, -0.15) is 0 Å². The summed E-state index contributed by atoms with van der Waals surface area (Å²) in [5.41, 5.74) is 0. The van der Waals surface area contributed by atoms with Crippen LogP contribution >= 0.6 is 0 Å². The monoisotopic (exact) mass is 159 g/mol. The highest BCUT2D eigenvalue weighted by atomic mass is 16.5. The Hall–Kier alpha value is -0.610. The van der Waals surface area contributed by atoms with Crippen LogP contribution < -0.4 is 5.32 Å². The molecule has 0 aromatic rings. The van der Waals surface area contributed by atoms with E-state index in [1.54, 1.807) is 6.92 Å². The van der Waals surface area contributed by atoms with Gasteiger partial charge < -0.3 is 9.47 Å². The molecule has 1 saturated heterocycles. The molecular weight excluding hydrogens is 146 g/mol. The van der Waals surface area contributed by atoms with Crippen molar-refractivity contribution in [1.29, 1.82) is 0 Å². The predicted octanol–water partition coefficient (Wildman–Crippen LogP) is -0.462. The van der Waals surface area contributed by atoms with Gasteiger partial charge in [0, 0.05) is 0 Å². The lowest BCUT2D eigenvalue weighted by atomic mass is 10.2. The minimum absolute atomic E-state index is 0.195. The maximum atomic E-state index is 10.8. The third-order valence-electron chi connectivity index (χ3n) is 1.48. The van der Waals surface area contributed by atoms with Gasteiger partial charge in [0.1, 0.15) is 0 Å². The van der Waals surface area contributed by atoms with Gasteiger partial charge in [-0.3, -0.25) is 10.1 Å². The van der Waals surface area contributed by atoms with Crippen molar-refractivity contribution in [1.82, 2.24) is 5.32 Å². The summed E-state index contributed by atoms with van der Waals surface area (Å²) in [6, 6.07) is 0.347. The third kappa shape index (κ3) is 2.86. The molecule has 0 aromatic carbocycles. The summed E-state index contributed by atoms with van der Waals surface area (Å²) in [5.74, 6) is -0.195. The van der Waals surface area contributed by atoms with Gasteiger partial charge in [0.25, 0.3) is 0 Å². The van der Waals surface area contributed by atoms with Crippen LogP contribution in [0.25, 0.3) is 0 Å². The van der Waals surface area contributed by atoms with Gasteiger partial charge in [0.15, 0.2) is 0 Å². The Kier molecular flexibility index (Phi) is 3.32. The maximum absolute atomic E-state index is 10.8. The summed E-state index contributed by atoms with van der Waals surface area (Å²) in [4.78, 5) is 10.8. The third-order valence-corrected chi connectivity index (χ3v) is 1.48. The van der Waals surface area contributed by atoms with Crippen molar-refractivity contribution in [2.45, 2.75) is 13.0 Å². The van der Waals surface area contributed by atoms with E-state index in [-0.39, 0.29) is 5.97 Å². The van der Waals surface area contributed by atoms with Crippen LogP contribution in [0.2, 0.25) is 0 Å². The smallest absolute Gasteiger partial charge is 0.319 e. The predicted molar refractivity (Wildman–Crippen MR) is 39.2 cm³/mol. The first-order chi connectivity index (χ1) is 5.33. The number of ether oxygens (including phenoxy) is 2. The fraction of sp³-hybridized carbons (Fsp3) is 0.857. The van der Waals surface area contributed by atoms with Crippen molar-refractivity contribution in [2.75, 3.05) is 26.4 Å². The lowest BCUT2D eigenvalue weighted by molar-refractivity contribution is -0.142. The molecule has 1 rings (SSSR count). The lowest BCUT2D eigenvalue weighted by Crippen LogP contribution is -2.47. The van der Waals surface area contributed by atoms with Crippen LogP contribution in [0, 0.1) is 0 Å². The molecule has 0 amide bonds. The quantitative estimate of drug-likeness (QED) is 0.564. The Morgan fingerprint density at radius 2 is 2.45 bits per heavy atom. The first-order valence-electron chi connectivity index (χ1n) is 3.79. The van der Waals surface area contributed by atoms with E-state index in [9.17, 15) is 4.79 Å². The number of esters is 1. The molecule has 0 spiro atoms. The maximum Gasteiger partial charge on any atom is 0.319 e. The fourth-order valence-corrected chi connectivity index (χ4v) is 0.793. The zero-order valence-electron chi connectivity index (χ0n) is 6.63. The molecule has 64 valence electrons. The molecule has 0 radical (unpaired) electrons. The van der Waals surface area contributed by atoms with Gasteiger partial charge in [0.05, 0.1) is 32.4 Å². The SMILES string of the molecule is CCOC(=O)CNC1COC1.